The Bertz CT molecular complexity index is 728. The van der Waals surface area contributed by atoms with Crippen LogP contribution in [0.5, 0.6) is 0 Å². The molecule has 1 aromatic heterocycles. The third-order valence-electron chi connectivity index (χ3n) is 4.35. The Labute approximate surface area is 144 Å². The minimum absolute atomic E-state index is 0.107. The molecule has 1 aliphatic rings. The molecule has 2 aromatic rings. The van der Waals surface area contributed by atoms with Gasteiger partial charge in [-0.15, -0.1) is 5.10 Å². The number of carbonyl (C=O) groups is 1. The van der Waals surface area contributed by atoms with Crippen LogP contribution in [0.2, 0.25) is 0 Å². The minimum Gasteiger partial charge on any atom is -0.384 e. The molecule has 134 valence electrons. The van der Waals surface area contributed by atoms with Crippen molar-refractivity contribution in [3.05, 3.63) is 47.3 Å². The van der Waals surface area contributed by atoms with E-state index in [1.807, 2.05) is 0 Å². The van der Waals surface area contributed by atoms with Crippen molar-refractivity contribution in [1.29, 1.82) is 0 Å². The Morgan fingerprint density at radius 3 is 2.84 bits per heavy atom. The van der Waals surface area contributed by atoms with E-state index in [4.69, 9.17) is 4.74 Å². The fourth-order valence-corrected chi connectivity index (χ4v) is 3.10. The summed E-state index contributed by atoms with van der Waals surface area (Å²) in [5, 5.41) is 7.69. The summed E-state index contributed by atoms with van der Waals surface area (Å²) >= 11 is 0. The molecule has 1 saturated heterocycles. The number of aromatic nitrogens is 3. The summed E-state index contributed by atoms with van der Waals surface area (Å²) in [6.45, 7) is 1.77. The minimum atomic E-state index is -0.651. The van der Waals surface area contributed by atoms with Gasteiger partial charge in [0.25, 0.3) is 5.91 Å². The molecular weight excluding hydrogens is 330 g/mol. The summed E-state index contributed by atoms with van der Waals surface area (Å²) in [5.74, 6) is -1.21. The second-order valence-corrected chi connectivity index (χ2v) is 6.22. The summed E-state index contributed by atoms with van der Waals surface area (Å²) in [6, 6.07) is 3.67. The molecule has 1 aliphatic heterocycles. The van der Waals surface area contributed by atoms with Crippen LogP contribution in [0.15, 0.2) is 24.4 Å². The van der Waals surface area contributed by atoms with Crippen molar-refractivity contribution < 1.29 is 18.3 Å². The second kappa shape index (κ2) is 7.69. The van der Waals surface area contributed by atoms with Crippen molar-refractivity contribution in [3.8, 4) is 0 Å². The van der Waals surface area contributed by atoms with Crippen molar-refractivity contribution in [2.45, 2.75) is 19.4 Å². The highest BCUT2D eigenvalue weighted by Crippen LogP contribution is 2.19. The van der Waals surface area contributed by atoms with E-state index < -0.39 is 11.6 Å². The first-order valence-corrected chi connectivity index (χ1v) is 8.19. The zero-order valence-electron chi connectivity index (χ0n) is 14.0. The van der Waals surface area contributed by atoms with Crippen molar-refractivity contribution in [3.63, 3.8) is 0 Å². The predicted molar refractivity (Wildman–Crippen MR) is 86.0 cm³/mol. The summed E-state index contributed by atoms with van der Waals surface area (Å²) in [6.07, 6.45) is 3.36. The molecule has 1 unspecified atom stereocenters. The Kier molecular flexibility index (Phi) is 5.37. The Morgan fingerprint density at radius 1 is 1.36 bits per heavy atom. The molecule has 1 atom stereocenters. The lowest BCUT2D eigenvalue weighted by Crippen LogP contribution is -2.41. The monoisotopic (exact) mass is 350 g/mol. The largest absolute Gasteiger partial charge is 0.384 e. The van der Waals surface area contributed by atoms with E-state index in [0.29, 0.717) is 25.6 Å². The van der Waals surface area contributed by atoms with Crippen LogP contribution in [0.4, 0.5) is 8.78 Å². The molecule has 1 amide bonds. The lowest BCUT2D eigenvalue weighted by atomic mass is 9.99. The SMILES string of the molecule is COCC1CCCN(C(=O)c2cn(Cc3c(F)cccc3F)nn2)C1. The van der Waals surface area contributed by atoms with Gasteiger partial charge < -0.3 is 9.64 Å². The molecule has 3 rings (SSSR count). The normalized spacial score (nSPS) is 17.7. The third kappa shape index (κ3) is 4.01. The highest BCUT2D eigenvalue weighted by molar-refractivity contribution is 5.92. The Morgan fingerprint density at radius 2 is 2.12 bits per heavy atom. The summed E-state index contributed by atoms with van der Waals surface area (Å²) in [5.41, 5.74) is 0.0688. The number of benzene rings is 1. The van der Waals surface area contributed by atoms with E-state index in [2.05, 4.69) is 10.3 Å². The molecule has 1 fully saturated rings. The lowest BCUT2D eigenvalue weighted by Gasteiger charge is -2.31. The van der Waals surface area contributed by atoms with Gasteiger partial charge in [-0.2, -0.15) is 0 Å². The number of carbonyl (C=O) groups excluding carboxylic acids is 1. The molecule has 25 heavy (non-hydrogen) atoms. The average Bonchev–Trinajstić information content (AvgIpc) is 3.07. The highest BCUT2D eigenvalue weighted by Gasteiger charge is 2.26. The fraction of sp³-hybridized carbons (Fsp3) is 0.471. The number of piperidine rings is 1. The van der Waals surface area contributed by atoms with Gasteiger partial charge in [0.05, 0.1) is 19.3 Å². The highest BCUT2D eigenvalue weighted by atomic mass is 19.1. The smallest absolute Gasteiger partial charge is 0.276 e. The lowest BCUT2D eigenvalue weighted by molar-refractivity contribution is 0.0565. The van der Waals surface area contributed by atoms with Gasteiger partial charge in [-0.25, -0.2) is 13.5 Å². The quantitative estimate of drug-likeness (QED) is 0.829. The van der Waals surface area contributed by atoms with Crippen molar-refractivity contribution in [1.82, 2.24) is 19.9 Å². The molecule has 1 aromatic carbocycles. The van der Waals surface area contributed by atoms with Crippen LogP contribution in [0, 0.1) is 17.6 Å². The van der Waals surface area contributed by atoms with Gasteiger partial charge in [0.15, 0.2) is 5.69 Å². The van der Waals surface area contributed by atoms with Crippen molar-refractivity contribution in [2.75, 3.05) is 26.8 Å². The third-order valence-corrected chi connectivity index (χ3v) is 4.35. The number of rotatable bonds is 5. The van der Waals surface area contributed by atoms with Gasteiger partial charge in [0.2, 0.25) is 0 Å². The van der Waals surface area contributed by atoms with Crippen LogP contribution in [0.25, 0.3) is 0 Å². The number of ether oxygens (including phenoxy) is 1. The van der Waals surface area contributed by atoms with E-state index in [1.165, 1.54) is 29.1 Å². The first kappa shape index (κ1) is 17.5. The zero-order chi connectivity index (χ0) is 17.8. The van der Waals surface area contributed by atoms with Crippen LogP contribution >= 0.6 is 0 Å². The van der Waals surface area contributed by atoms with E-state index in [0.717, 1.165) is 12.8 Å². The van der Waals surface area contributed by atoms with Crippen LogP contribution in [0.3, 0.4) is 0 Å². The van der Waals surface area contributed by atoms with E-state index in [9.17, 15) is 13.6 Å². The van der Waals surface area contributed by atoms with Gasteiger partial charge >= 0.3 is 0 Å². The van der Waals surface area contributed by atoms with Crippen molar-refractivity contribution in [2.24, 2.45) is 5.92 Å². The molecule has 8 heteroatoms. The number of amides is 1. The van der Waals surface area contributed by atoms with Gasteiger partial charge in [-0.3, -0.25) is 4.79 Å². The molecule has 2 heterocycles. The summed E-state index contributed by atoms with van der Waals surface area (Å²) < 4.78 is 33.9. The number of hydrogen-bond donors (Lipinski definition) is 0. The number of methoxy groups -OCH3 is 1. The maximum absolute atomic E-state index is 13.7. The molecule has 0 bridgehead atoms. The number of nitrogens with zero attached hydrogens (tertiary/aromatic N) is 4. The maximum Gasteiger partial charge on any atom is 0.276 e. The summed E-state index contributed by atoms with van der Waals surface area (Å²) in [4.78, 5) is 14.3. The Balaban J connectivity index is 1.69. The topological polar surface area (TPSA) is 60.2 Å². The molecule has 0 aliphatic carbocycles. The number of likely N-dealkylation sites (tertiary alicyclic amines) is 1. The number of hydrogen-bond acceptors (Lipinski definition) is 4. The molecule has 0 N–H and O–H groups in total. The van der Waals surface area contributed by atoms with E-state index in [1.54, 1.807) is 12.0 Å². The zero-order valence-corrected chi connectivity index (χ0v) is 14.0. The van der Waals surface area contributed by atoms with E-state index >= 15 is 0 Å². The first-order chi connectivity index (χ1) is 12.1. The van der Waals surface area contributed by atoms with Crippen molar-refractivity contribution >= 4 is 5.91 Å². The standard InChI is InChI=1S/C17H20F2N4O2/c1-25-11-12-4-3-7-22(8-12)17(24)16-10-23(21-20-16)9-13-14(18)5-2-6-15(13)19/h2,5-6,10,12H,3-4,7-9,11H2,1H3. The van der Waals surface area contributed by atoms with Gasteiger partial charge in [-0.1, -0.05) is 11.3 Å². The molecule has 0 spiro atoms. The maximum atomic E-state index is 13.7. The Hall–Kier alpha value is -2.35. The molecule has 0 saturated carbocycles. The average molecular weight is 350 g/mol. The first-order valence-electron chi connectivity index (χ1n) is 8.19. The van der Waals surface area contributed by atoms with Gasteiger partial charge in [-0.05, 0) is 30.9 Å². The number of halogens is 2. The molecular formula is C17H20F2N4O2. The van der Waals surface area contributed by atoms with Crippen LogP contribution in [0.1, 0.15) is 28.9 Å². The van der Waals surface area contributed by atoms with Crippen LogP contribution < -0.4 is 0 Å². The molecule has 0 radical (unpaired) electrons. The van der Waals surface area contributed by atoms with E-state index in [-0.39, 0.29) is 23.7 Å². The van der Waals surface area contributed by atoms with Gasteiger partial charge in [0.1, 0.15) is 11.6 Å². The fourth-order valence-electron chi connectivity index (χ4n) is 3.10. The molecule has 6 nitrogen and oxygen atoms in total. The van der Waals surface area contributed by atoms with Crippen LogP contribution in [-0.2, 0) is 11.3 Å². The second-order valence-electron chi connectivity index (χ2n) is 6.22. The summed E-state index contributed by atoms with van der Waals surface area (Å²) in [7, 11) is 1.65. The predicted octanol–water partition coefficient (Wildman–Crippen LogP) is 2.10. The van der Waals surface area contributed by atoms with Gasteiger partial charge in [0, 0.05) is 25.8 Å². The van der Waals surface area contributed by atoms with Crippen LogP contribution in [-0.4, -0.2) is 52.6 Å².